The minimum absolute atomic E-state index is 0.144. The minimum Gasteiger partial charge on any atom is -0.382 e. The number of nitrogens with two attached hydrogens (primary N) is 1. The molecule has 0 saturated carbocycles. The van der Waals surface area contributed by atoms with Gasteiger partial charge in [-0.1, -0.05) is 6.92 Å². The smallest absolute Gasteiger partial charge is 0.267 e. The predicted molar refractivity (Wildman–Crippen MR) is 161 cm³/mol. The molecule has 1 aliphatic heterocycles. The number of aromatic nitrogens is 4. The summed E-state index contributed by atoms with van der Waals surface area (Å²) in [4.78, 5) is 32.7. The minimum atomic E-state index is -0.697. The normalized spacial score (nSPS) is 14.3. The molecule has 9 nitrogen and oxygen atoms in total. The summed E-state index contributed by atoms with van der Waals surface area (Å²) in [6, 6.07) is 14.6. The van der Waals surface area contributed by atoms with Gasteiger partial charge in [0.1, 0.15) is 29.0 Å². The van der Waals surface area contributed by atoms with Crippen LogP contribution >= 0.6 is 0 Å². The third-order valence-electron chi connectivity index (χ3n) is 7.97. The van der Waals surface area contributed by atoms with Crippen molar-refractivity contribution in [1.29, 1.82) is 0 Å². The van der Waals surface area contributed by atoms with Gasteiger partial charge in [-0.15, -0.1) is 0 Å². The first-order chi connectivity index (χ1) is 20.8. The van der Waals surface area contributed by atoms with Crippen molar-refractivity contribution in [2.75, 3.05) is 30.7 Å². The van der Waals surface area contributed by atoms with E-state index in [0.717, 1.165) is 44.6 Å². The van der Waals surface area contributed by atoms with Crippen LogP contribution in [0, 0.1) is 11.6 Å². The van der Waals surface area contributed by atoms with Gasteiger partial charge in [-0.3, -0.25) is 14.2 Å². The monoisotopic (exact) mass is 583 g/mol. The van der Waals surface area contributed by atoms with Crippen molar-refractivity contribution in [2.24, 2.45) is 0 Å². The highest BCUT2D eigenvalue weighted by molar-refractivity contribution is 6.04. The van der Waals surface area contributed by atoms with Crippen LogP contribution in [0.2, 0.25) is 0 Å². The van der Waals surface area contributed by atoms with E-state index in [0.29, 0.717) is 22.3 Å². The average molecular weight is 584 g/mol. The number of piperidine rings is 1. The van der Waals surface area contributed by atoms with Crippen LogP contribution in [-0.4, -0.2) is 49.6 Å². The molecular formula is C32H31F2N7O2. The number of benzene rings is 2. The summed E-state index contributed by atoms with van der Waals surface area (Å²) >= 11 is 0. The number of anilines is 2. The molecule has 3 N–H and O–H groups in total. The van der Waals surface area contributed by atoms with Crippen LogP contribution in [0.15, 0.2) is 78.0 Å². The van der Waals surface area contributed by atoms with Crippen LogP contribution in [0.1, 0.15) is 48.2 Å². The van der Waals surface area contributed by atoms with Gasteiger partial charge in [-0.05, 0) is 99.6 Å². The largest absolute Gasteiger partial charge is 0.382 e. The van der Waals surface area contributed by atoms with Crippen LogP contribution in [0.5, 0.6) is 0 Å². The van der Waals surface area contributed by atoms with Gasteiger partial charge in [0.05, 0.1) is 0 Å². The third kappa shape index (κ3) is 5.51. The van der Waals surface area contributed by atoms with Gasteiger partial charge in [0.15, 0.2) is 5.82 Å². The van der Waals surface area contributed by atoms with Crippen molar-refractivity contribution < 1.29 is 13.6 Å². The maximum atomic E-state index is 15.7. The lowest BCUT2D eigenvalue weighted by atomic mass is 9.93. The standard InChI is InChI=1S/C32H31F2N7O2/c1-2-13-39-15-11-20(12-16-39)28-18-26(29-30(35)36-19-37-41(28)29)24-10-7-22(17-27(24)34)38-31(42)25-4-3-14-40(32(25)43)23-8-5-21(33)6-9-23/h3-10,14,17-20H,2,11-13,15-16H2,1H3,(H,38,42)(H2,35,36,37). The molecule has 0 bridgehead atoms. The Balaban J connectivity index is 1.28. The van der Waals surface area contributed by atoms with E-state index in [-0.39, 0.29) is 23.0 Å². The molecule has 1 aliphatic rings. The lowest BCUT2D eigenvalue weighted by molar-refractivity contribution is 0.102. The zero-order chi connectivity index (χ0) is 30.1. The summed E-state index contributed by atoms with van der Waals surface area (Å²) in [5.74, 6) is -1.22. The number of hydrogen-bond donors (Lipinski definition) is 2. The van der Waals surface area contributed by atoms with E-state index < -0.39 is 23.1 Å². The van der Waals surface area contributed by atoms with Gasteiger partial charge < -0.3 is 16.0 Å². The van der Waals surface area contributed by atoms with Crippen LogP contribution in [-0.2, 0) is 0 Å². The topological polar surface area (TPSA) is 111 Å². The van der Waals surface area contributed by atoms with E-state index in [1.54, 1.807) is 22.7 Å². The van der Waals surface area contributed by atoms with Gasteiger partial charge in [-0.2, -0.15) is 5.10 Å². The van der Waals surface area contributed by atoms with Gasteiger partial charge >= 0.3 is 0 Å². The van der Waals surface area contributed by atoms with Crippen LogP contribution in [0.3, 0.4) is 0 Å². The van der Waals surface area contributed by atoms with E-state index in [1.165, 1.54) is 53.5 Å². The van der Waals surface area contributed by atoms with Crippen molar-refractivity contribution in [3.8, 4) is 16.8 Å². The molecule has 5 aromatic rings. The molecule has 0 aliphatic carbocycles. The molecule has 11 heteroatoms. The number of rotatable bonds is 7. The molecule has 0 radical (unpaired) electrons. The van der Waals surface area contributed by atoms with E-state index >= 15 is 4.39 Å². The first kappa shape index (κ1) is 28.2. The number of amides is 1. The van der Waals surface area contributed by atoms with Crippen molar-refractivity contribution >= 4 is 22.9 Å². The van der Waals surface area contributed by atoms with E-state index in [1.807, 2.05) is 6.07 Å². The summed E-state index contributed by atoms with van der Waals surface area (Å²) in [6.07, 6.45) is 5.93. The van der Waals surface area contributed by atoms with Crippen LogP contribution in [0.4, 0.5) is 20.3 Å². The van der Waals surface area contributed by atoms with Crippen molar-refractivity contribution in [3.63, 3.8) is 0 Å². The van der Waals surface area contributed by atoms with Crippen molar-refractivity contribution in [1.82, 2.24) is 24.1 Å². The first-order valence-electron chi connectivity index (χ1n) is 14.3. The Morgan fingerprint density at radius 1 is 1.05 bits per heavy atom. The first-order valence-corrected chi connectivity index (χ1v) is 14.3. The molecule has 4 heterocycles. The lowest BCUT2D eigenvalue weighted by Gasteiger charge is -2.31. The van der Waals surface area contributed by atoms with E-state index in [2.05, 4.69) is 27.2 Å². The molecule has 3 aromatic heterocycles. The second-order valence-electron chi connectivity index (χ2n) is 10.7. The van der Waals surface area contributed by atoms with Gasteiger partial charge in [0.25, 0.3) is 11.5 Å². The summed E-state index contributed by atoms with van der Waals surface area (Å²) in [7, 11) is 0. The van der Waals surface area contributed by atoms with E-state index in [4.69, 9.17) is 5.73 Å². The quantitative estimate of drug-likeness (QED) is 0.271. The molecule has 220 valence electrons. The number of nitrogen functional groups attached to an aromatic ring is 1. The van der Waals surface area contributed by atoms with Crippen LogP contribution < -0.4 is 16.6 Å². The third-order valence-corrected chi connectivity index (χ3v) is 7.97. The molecule has 2 aromatic carbocycles. The lowest BCUT2D eigenvalue weighted by Crippen LogP contribution is -2.33. The molecule has 0 unspecified atom stereocenters. The Kier molecular flexibility index (Phi) is 7.73. The Labute approximate surface area is 246 Å². The average Bonchev–Trinajstić information content (AvgIpc) is 3.39. The highest BCUT2D eigenvalue weighted by Crippen LogP contribution is 2.38. The Hall–Kier alpha value is -4.90. The summed E-state index contributed by atoms with van der Waals surface area (Å²) in [5, 5.41) is 7.08. The Bertz CT molecular complexity index is 1860. The predicted octanol–water partition coefficient (Wildman–Crippen LogP) is 5.25. The SMILES string of the molecule is CCCN1CCC(c2cc(-c3ccc(NC(=O)c4cccn(-c5ccc(F)cc5)c4=O)cc3F)c3c(N)ncnn23)CC1. The molecule has 6 rings (SSSR count). The fourth-order valence-corrected chi connectivity index (χ4v) is 5.84. The maximum Gasteiger partial charge on any atom is 0.267 e. The number of fused-ring (bicyclic) bond motifs is 1. The van der Waals surface area contributed by atoms with Crippen molar-refractivity contribution in [3.05, 3.63) is 106 Å². The molecule has 0 atom stereocenters. The highest BCUT2D eigenvalue weighted by atomic mass is 19.1. The second kappa shape index (κ2) is 11.8. The number of carbonyl (C=O) groups excluding carboxylic acids is 1. The number of hydrogen-bond acceptors (Lipinski definition) is 6. The Morgan fingerprint density at radius 2 is 1.81 bits per heavy atom. The van der Waals surface area contributed by atoms with Crippen LogP contribution in [0.25, 0.3) is 22.3 Å². The number of nitrogens with zero attached hydrogens (tertiary/aromatic N) is 5. The summed E-state index contributed by atoms with van der Waals surface area (Å²) < 4.78 is 32.0. The van der Waals surface area contributed by atoms with Gasteiger partial charge in [0.2, 0.25) is 0 Å². The Morgan fingerprint density at radius 3 is 2.53 bits per heavy atom. The zero-order valence-corrected chi connectivity index (χ0v) is 23.6. The van der Waals surface area contributed by atoms with E-state index in [9.17, 15) is 14.0 Å². The van der Waals surface area contributed by atoms with Gasteiger partial charge in [0, 0.05) is 40.3 Å². The zero-order valence-electron chi connectivity index (χ0n) is 23.6. The molecule has 1 fully saturated rings. The number of halogens is 2. The van der Waals surface area contributed by atoms with Crippen molar-refractivity contribution in [2.45, 2.75) is 32.1 Å². The molecule has 1 saturated heterocycles. The molecular weight excluding hydrogens is 552 g/mol. The number of carbonyl (C=O) groups is 1. The number of likely N-dealkylation sites (tertiary alicyclic amines) is 1. The summed E-state index contributed by atoms with van der Waals surface area (Å²) in [6.45, 7) is 5.23. The maximum absolute atomic E-state index is 15.7. The second-order valence-corrected chi connectivity index (χ2v) is 10.7. The number of pyridine rings is 1. The fraction of sp³-hybridized carbons (Fsp3) is 0.250. The number of nitrogens with one attached hydrogen (secondary N) is 1. The summed E-state index contributed by atoms with van der Waals surface area (Å²) in [5.41, 5.74) is 8.50. The molecule has 1 amide bonds. The highest BCUT2D eigenvalue weighted by Gasteiger charge is 2.26. The fourth-order valence-electron chi connectivity index (χ4n) is 5.84. The molecule has 0 spiro atoms. The molecule has 43 heavy (non-hydrogen) atoms. The van der Waals surface area contributed by atoms with Gasteiger partial charge in [-0.25, -0.2) is 18.3 Å².